The Kier molecular flexibility index (Phi) is 8.04. The fourth-order valence-electron chi connectivity index (χ4n) is 3.93. The summed E-state index contributed by atoms with van der Waals surface area (Å²) in [5.41, 5.74) is 0.835. The van der Waals surface area contributed by atoms with Gasteiger partial charge in [0.25, 0.3) is 0 Å². The SMILES string of the molecule is CCC1OCC(=O)C1NC(=O)[C@H](CC(C)(C)Cc1ccccc1)NC(=O)Oc1ccsc1. The highest BCUT2D eigenvalue weighted by molar-refractivity contribution is 7.08. The van der Waals surface area contributed by atoms with Gasteiger partial charge in [0.1, 0.15) is 24.4 Å². The third-order valence-electron chi connectivity index (χ3n) is 5.45. The topological polar surface area (TPSA) is 93.7 Å². The Morgan fingerprint density at radius 1 is 1.25 bits per heavy atom. The van der Waals surface area contributed by atoms with Crippen LogP contribution in [0.25, 0.3) is 0 Å². The molecule has 1 aromatic carbocycles. The number of carbonyl (C=O) groups is 3. The van der Waals surface area contributed by atoms with E-state index in [1.54, 1.807) is 16.8 Å². The zero-order chi connectivity index (χ0) is 23.1. The molecule has 32 heavy (non-hydrogen) atoms. The van der Waals surface area contributed by atoms with Crippen LogP contribution in [-0.2, 0) is 20.7 Å². The molecule has 8 heteroatoms. The molecule has 2 unspecified atom stereocenters. The van der Waals surface area contributed by atoms with Crippen LogP contribution in [0.1, 0.15) is 39.2 Å². The van der Waals surface area contributed by atoms with Crippen molar-refractivity contribution in [2.45, 2.75) is 58.2 Å². The van der Waals surface area contributed by atoms with E-state index < -0.39 is 24.1 Å². The van der Waals surface area contributed by atoms with Crippen LogP contribution in [-0.4, -0.2) is 42.6 Å². The number of thiophene rings is 1. The highest BCUT2D eigenvalue weighted by Gasteiger charge is 2.38. The second kappa shape index (κ2) is 10.7. The minimum Gasteiger partial charge on any atom is -0.409 e. The summed E-state index contributed by atoms with van der Waals surface area (Å²) in [7, 11) is 0. The zero-order valence-corrected chi connectivity index (χ0v) is 19.4. The van der Waals surface area contributed by atoms with Crippen LogP contribution in [0.2, 0.25) is 0 Å². The van der Waals surface area contributed by atoms with Gasteiger partial charge in [-0.25, -0.2) is 4.79 Å². The van der Waals surface area contributed by atoms with Gasteiger partial charge in [-0.1, -0.05) is 51.1 Å². The van der Waals surface area contributed by atoms with Crippen LogP contribution < -0.4 is 15.4 Å². The number of rotatable bonds is 9. The van der Waals surface area contributed by atoms with E-state index in [-0.39, 0.29) is 23.9 Å². The number of nitrogens with one attached hydrogen (secondary N) is 2. The van der Waals surface area contributed by atoms with Crippen molar-refractivity contribution >= 4 is 29.1 Å². The quantitative estimate of drug-likeness (QED) is 0.597. The third kappa shape index (κ3) is 6.64. The second-order valence-corrected chi connectivity index (χ2v) is 9.57. The van der Waals surface area contributed by atoms with E-state index in [0.29, 0.717) is 18.6 Å². The average molecular weight is 459 g/mol. The molecule has 3 rings (SSSR count). The summed E-state index contributed by atoms with van der Waals surface area (Å²) in [6, 6.07) is 10.1. The molecule has 0 aliphatic carbocycles. The molecule has 172 valence electrons. The number of hydrogen-bond acceptors (Lipinski definition) is 6. The van der Waals surface area contributed by atoms with E-state index in [2.05, 4.69) is 10.6 Å². The van der Waals surface area contributed by atoms with Crippen molar-refractivity contribution in [3.63, 3.8) is 0 Å². The van der Waals surface area contributed by atoms with Crippen LogP contribution in [0.5, 0.6) is 5.75 Å². The van der Waals surface area contributed by atoms with Gasteiger partial charge in [0.15, 0.2) is 5.78 Å². The molecule has 2 amide bonds. The summed E-state index contributed by atoms with van der Waals surface area (Å²) in [6.45, 7) is 5.98. The van der Waals surface area contributed by atoms with Gasteiger partial charge in [-0.15, -0.1) is 11.3 Å². The van der Waals surface area contributed by atoms with Crippen molar-refractivity contribution < 1.29 is 23.9 Å². The first-order valence-corrected chi connectivity index (χ1v) is 11.7. The molecule has 2 aromatic rings. The smallest absolute Gasteiger partial charge is 0.409 e. The molecule has 1 aliphatic rings. The first-order chi connectivity index (χ1) is 15.3. The Morgan fingerprint density at radius 3 is 2.66 bits per heavy atom. The predicted molar refractivity (Wildman–Crippen MR) is 123 cm³/mol. The number of carbonyl (C=O) groups excluding carboxylic acids is 3. The molecule has 1 fully saturated rings. The van der Waals surface area contributed by atoms with Gasteiger partial charge in [-0.2, -0.15) is 0 Å². The first-order valence-electron chi connectivity index (χ1n) is 10.8. The van der Waals surface area contributed by atoms with E-state index in [0.717, 1.165) is 12.0 Å². The van der Waals surface area contributed by atoms with Crippen LogP contribution in [0.4, 0.5) is 4.79 Å². The molecular weight excluding hydrogens is 428 g/mol. The van der Waals surface area contributed by atoms with Crippen molar-refractivity contribution in [3.8, 4) is 5.75 Å². The summed E-state index contributed by atoms with van der Waals surface area (Å²) in [6.07, 6.45) is 0.629. The summed E-state index contributed by atoms with van der Waals surface area (Å²) in [5, 5.41) is 9.00. The molecule has 1 aromatic heterocycles. The fraction of sp³-hybridized carbons (Fsp3) is 0.458. The number of Topliss-reactive ketones (excluding diaryl/α,β-unsaturated/α-hetero) is 1. The summed E-state index contributed by atoms with van der Waals surface area (Å²) < 4.78 is 10.8. The summed E-state index contributed by atoms with van der Waals surface area (Å²) in [4.78, 5) is 37.9. The Morgan fingerprint density at radius 2 is 2.00 bits per heavy atom. The third-order valence-corrected chi connectivity index (χ3v) is 6.12. The maximum Gasteiger partial charge on any atom is 0.413 e. The standard InChI is InChI=1S/C24H30N2O5S/c1-4-20-21(19(27)14-30-20)26-22(28)18(25-23(29)31-17-10-11-32-15-17)13-24(2,3)12-16-8-6-5-7-9-16/h5-11,15,18,20-21H,4,12-14H2,1-3H3,(H,25,29)(H,26,28)/t18-,20?,21?/m0/s1. The Hall–Kier alpha value is -2.71. The largest absolute Gasteiger partial charge is 0.413 e. The van der Waals surface area contributed by atoms with Crippen LogP contribution in [0, 0.1) is 5.41 Å². The maximum atomic E-state index is 13.2. The monoisotopic (exact) mass is 458 g/mol. The molecular formula is C24H30N2O5S. The van der Waals surface area contributed by atoms with E-state index in [1.807, 2.05) is 51.1 Å². The van der Waals surface area contributed by atoms with Crippen molar-refractivity contribution in [1.29, 1.82) is 0 Å². The van der Waals surface area contributed by atoms with E-state index in [4.69, 9.17) is 9.47 Å². The number of amides is 2. The summed E-state index contributed by atoms with van der Waals surface area (Å²) >= 11 is 1.41. The lowest BCUT2D eigenvalue weighted by molar-refractivity contribution is -0.128. The van der Waals surface area contributed by atoms with Gasteiger partial charge in [-0.05, 0) is 41.7 Å². The second-order valence-electron chi connectivity index (χ2n) is 8.79. The van der Waals surface area contributed by atoms with Gasteiger partial charge < -0.3 is 20.1 Å². The molecule has 0 saturated carbocycles. The predicted octanol–water partition coefficient (Wildman–Crippen LogP) is 3.73. The molecule has 1 saturated heterocycles. The van der Waals surface area contributed by atoms with E-state index >= 15 is 0 Å². The molecule has 0 radical (unpaired) electrons. The van der Waals surface area contributed by atoms with Crippen molar-refractivity contribution in [1.82, 2.24) is 10.6 Å². The van der Waals surface area contributed by atoms with Gasteiger partial charge in [0.05, 0.1) is 6.10 Å². The first kappa shape index (κ1) is 23.9. The van der Waals surface area contributed by atoms with Gasteiger partial charge in [-0.3, -0.25) is 9.59 Å². The van der Waals surface area contributed by atoms with Crippen LogP contribution >= 0.6 is 11.3 Å². The highest BCUT2D eigenvalue weighted by Crippen LogP contribution is 2.28. The van der Waals surface area contributed by atoms with Crippen LogP contribution in [0.15, 0.2) is 47.2 Å². The lowest BCUT2D eigenvalue weighted by Gasteiger charge is -2.30. The minimum absolute atomic E-state index is 0.0127. The summed E-state index contributed by atoms with van der Waals surface area (Å²) in [5.74, 6) is -0.162. The number of hydrogen-bond donors (Lipinski definition) is 2. The number of ether oxygens (including phenoxy) is 2. The van der Waals surface area contributed by atoms with Crippen molar-refractivity contribution in [2.75, 3.05) is 6.61 Å². The Labute approximate surface area is 192 Å². The normalized spacial score (nSPS) is 19.4. The maximum absolute atomic E-state index is 13.2. The fourth-order valence-corrected chi connectivity index (χ4v) is 4.49. The molecule has 2 heterocycles. The average Bonchev–Trinajstić information content (AvgIpc) is 3.37. The lowest BCUT2D eigenvalue weighted by Crippen LogP contribution is -2.54. The number of benzene rings is 1. The van der Waals surface area contributed by atoms with Crippen molar-refractivity contribution in [2.24, 2.45) is 5.41 Å². The van der Waals surface area contributed by atoms with Crippen molar-refractivity contribution in [3.05, 3.63) is 52.7 Å². The van der Waals surface area contributed by atoms with Gasteiger partial charge >= 0.3 is 6.09 Å². The molecule has 0 spiro atoms. The Balaban J connectivity index is 1.72. The lowest BCUT2D eigenvalue weighted by atomic mass is 9.80. The van der Waals surface area contributed by atoms with Gasteiger partial charge in [0, 0.05) is 5.38 Å². The molecule has 7 nitrogen and oxygen atoms in total. The molecule has 0 bridgehead atoms. The van der Waals surface area contributed by atoms with E-state index in [1.165, 1.54) is 11.3 Å². The van der Waals surface area contributed by atoms with Gasteiger partial charge in [0.2, 0.25) is 5.91 Å². The number of ketones is 1. The molecule has 2 N–H and O–H groups in total. The molecule has 3 atom stereocenters. The minimum atomic E-state index is -0.870. The highest BCUT2D eigenvalue weighted by atomic mass is 32.1. The molecule has 1 aliphatic heterocycles. The van der Waals surface area contributed by atoms with Crippen LogP contribution in [0.3, 0.4) is 0 Å². The zero-order valence-electron chi connectivity index (χ0n) is 18.6. The Bertz CT molecular complexity index is 914. The van der Waals surface area contributed by atoms with E-state index in [9.17, 15) is 14.4 Å².